The molecular formula is C25H24F3N5O2. The Kier molecular flexibility index (Phi) is 5.15. The molecule has 0 bridgehead atoms. The minimum atomic E-state index is -4.57. The molecule has 3 aromatic heterocycles. The van der Waals surface area contributed by atoms with E-state index in [-0.39, 0.29) is 11.0 Å². The van der Waals surface area contributed by atoms with Crippen LogP contribution in [0, 0.1) is 0 Å². The van der Waals surface area contributed by atoms with Crippen molar-refractivity contribution in [3.05, 3.63) is 70.9 Å². The number of benzene rings is 1. The topological polar surface area (TPSA) is 99.0 Å². The van der Waals surface area contributed by atoms with Gasteiger partial charge >= 0.3 is 6.18 Å². The van der Waals surface area contributed by atoms with E-state index < -0.39 is 29.4 Å². The van der Waals surface area contributed by atoms with E-state index in [1.807, 2.05) is 24.3 Å². The molecule has 10 heteroatoms. The van der Waals surface area contributed by atoms with Gasteiger partial charge in [0, 0.05) is 24.3 Å². The summed E-state index contributed by atoms with van der Waals surface area (Å²) in [7, 11) is 1.71. The average Bonchev–Trinajstić information content (AvgIpc) is 3.07. The molecule has 1 aliphatic carbocycles. The molecular weight excluding hydrogens is 459 g/mol. The molecule has 7 nitrogen and oxygen atoms in total. The number of rotatable bonds is 4. The van der Waals surface area contributed by atoms with E-state index in [0.717, 1.165) is 17.5 Å². The van der Waals surface area contributed by atoms with Crippen LogP contribution < -0.4 is 11.3 Å². The zero-order valence-corrected chi connectivity index (χ0v) is 19.2. The first kappa shape index (κ1) is 23.3. The third-order valence-electron chi connectivity index (χ3n) is 6.55. The van der Waals surface area contributed by atoms with Crippen molar-refractivity contribution in [1.82, 2.24) is 19.1 Å². The van der Waals surface area contributed by atoms with Gasteiger partial charge in [0.1, 0.15) is 18.5 Å². The Balaban J connectivity index is 1.70. The molecule has 1 fully saturated rings. The molecule has 0 radical (unpaired) electrons. The third kappa shape index (κ3) is 4.02. The second kappa shape index (κ2) is 7.76. The molecule has 3 N–H and O–H groups in total. The Hall–Kier alpha value is -3.50. The second-order valence-corrected chi connectivity index (χ2v) is 9.57. The lowest BCUT2D eigenvalue weighted by Gasteiger charge is -2.49. The standard InChI is InChI=1S/C25H24F3N5O2/c1-23(35)11-24(29,12-23)16-8-6-15(7-9-16)20-18(17-5-3-4-10-30-17)19-21(32(20)2)31-14-33(22(19)34)13-25(26,27)28/h3-10,14,35H,11-13,29H2,1-2H3/t23-,24-. The second-order valence-electron chi connectivity index (χ2n) is 9.57. The lowest BCUT2D eigenvalue weighted by molar-refractivity contribution is -0.141. The summed E-state index contributed by atoms with van der Waals surface area (Å²) in [5.74, 6) is 0. The van der Waals surface area contributed by atoms with Gasteiger partial charge in [0.25, 0.3) is 5.56 Å². The quantitative estimate of drug-likeness (QED) is 0.461. The number of aryl methyl sites for hydroxylation is 1. The SMILES string of the molecule is Cn1c(-c2ccc([C@]3(N)C[C@](C)(O)C3)cc2)c(-c2ccccn2)c2c(=O)n(CC(F)(F)F)cnc21. The molecule has 0 unspecified atom stereocenters. The summed E-state index contributed by atoms with van der Waals surface area (Å²) in [5, 5.41) is 10.2. The highest BCUT2D eigenvalue weighted by Crippen LogP contribution is 2.46. The van der Waals surface area contributed by atoms with E-state index in [1.54, 1.807) is 42.9 Å². The maximum atomic E-state index is 13.2. The number of halogens is 3. The van der Waals surface area contributed by atoms with Crippen LogP contribution in [0.1, 0.15) is 25.3 Å². The summed E-state index contributed by atoms with van der Waals surface area (Å²) in [6.45, 7) is 0.317. The van der Waals surface area contributed by atoms with Crippen molar-refractivity contribution in [2.75, 3.05) is 0 Å². The van der Waals surface area contributed by atoms with Crippen molar-refractivity contribution in [1.29, 1.82) is 0 Å². The van der Waals surface area contributed by atoms with Gasteiger partial charge in [0.05, 0.1) is 22.4 Å². The van der Waals surface area contributed by atoms with Crippen LogP contribution >= 0.6 is 0 Å². The Labute approximate surface area is 198 Å². The highest BCUT2D eigenvalue weighted by Gasteiger charge is 2.49. The van der Waals surface area contributed by atoms with Crippen molar-refractivity contribution in [2.45, 2.75) is 43.6 Å². The van der Waals surface area contributed by atoms with Crippen LogP contribution in [0.4, 0.5) is 13.2 Å². The van der Waals surface area contributed by atoms with Gasteiger partial charge in [-0.15, -0.1) is 0 Å². The number of nitrogens with zero attached hydrogens (tertiary/aromatic N) is 4. The van der Waals surface area contributed by atoms with Crippen molar-refractivity contribution in [3.63, 3.8) is 0 Å². The summed E-state index contributed by atoms with van der Waals surface area (Å²) in [6.07, 6.45) is -1.20. The van der Waals surface area contributed by atoms with Gasteiger partial charge in [-0.1, -0.05) is 30.3 Å². The Morgan fingerprint density at radius 3 is 2.37 bits per heavy atom. The highest BCUT2D eigenvalue weighted by atomic mass is 19.4. The summed E-state index contributed by atoms with van der Waals surface area (Å²) in [5.41, 5.74) is 7.59. The van der Waals surface area contributed by atoms with Crippen LogP contribution in [0.25, 0.3) is 33.5 Å². The molecule has 35 heavy (non-hydrogen) atoms. The van der Waals surface area contributed by atoms with Crippen molar-refractivity contribution in [3.8, 4) is 22.5 Å². The number of alkyl halides is 3. The molecule has 0 aliphatic heterocycles. The van der Waals surface area contributed by atoms with Crippen molar-refractivity contribution < 1.29 is 18.3 Å². The van der Waals surface area contributed by atoms with Crippen LogP contribution in [0.3, 0.4) is 0 Å². The normalized spacial score (nSPS) is 22.4. The van der Waals surface area contributed by atoms with Gasteiger partial charge in [0.15, 0.2) is 0 Å². The first-order valence-corrected chi connectivity index (χ1v) is 11.1. The maximum Gasteiger partial charge on any atom is 0.406 e. The van der Waals surface area contributed by atoms with Crippen LogP contribution in [0.15, 0.2) is 59.8 Å². The minimum Gasteiger partial charge on any atom is -0.390 e. The zero-order chi connectivity index (χ0) is 25.2. The number of hydrogen-bond donors (Lipinski definition) is 2. The molecule has 3 heterocycles. The average molecular weight is 483 g/mol. The van der Waals surface area contributed by atoms with Crippen LogP contribution in [0.5, 0.6) is 0 Å². The van der Waals surface area contributed by atoms with Gasteiger partial charge in [0.2, 0.25) is 0 Å². The fourth-order valence-corrected chi connectivity index (χ4v) is 5.22. The molecule has 1 aromatic carbocycles. The third-order valence-corrected chi connectivity index (χ3v) is 6.55. The number of aliphatic hydroxyl groups is 1. The largest absolute Gasteiger partial charge is 0.406 e. The fourth-order valence-electron chi connectivity index (χ4n) is 5.22. The molecule has 0 saturated heterocycles. The molecule has 1 saturated carbocycles. The number of aromatic nitrogens is 4. The maximum absolute atomic E-state index is 13.2. The van der Waals surface area contributed by atoms with Gasteiger partial charge in [-0.05, 0) is 43.0 Å². The van der Waals surface area contributed by atoms with Gasteiger partial charge in [-0.2, -0.15) is 13.2 Å². The predicted octanol–water partition coefficient (Wildman–Crippen LogP) is 3.73. The summed E-state index contributed by atoms with van der Waals surface area (Å²) in [6, 6.07) is 12.6. The smallest absolute Gasteiger partial charge is 0.390 e. The van der Waals surface area contributed by atoms with Crippen LogP contribution in [-0.4, -0.2) is 36.0 Å². The minimum absolute atomic E-state index is 0.0716. The van der Waals surface area contributed by atoms with Crippen LogP contribution in [-0.2, 0) is 19.1 Å². The molecule has 0 amide bonds. The first-order valence-electron chi connectivity index (χ1n) is 11.1. The monoisotopic (exact) mass is 483 g/mol. The molecule has 0 atom stereocenters. The Morgan fingerprint density at radius 2 is 1.80 bits per heavy atom. The Bertz CT molecular complexity index is 1460. The summed E-state index contributed by atoms with van der Waals surface area (Å²) >= 11 is 0. The fraction of sp³-hybridized carbons (Fsp3) is 0.320. The summed E-state index contributed by atoms with van der Waals surface area (Å²) in [4.78, 5) is 21.8. The molecule has 5 rings (SSSR count). The van der Waals surface area contributed by atoms with E-state index in [9.17, 15) is 23.1 Å². The Morgan fingerprint density at radius 1 is 1.11 bits per heavy atom. The molecule has 1 aliphatic rings. The van der Waals surface area contributed by atoms with E-state index in [0.29, 0.717) is 34.4 Å². The van der Waals surface area contributed by atoms with Crippen LogP contribution in [0.2, 0.25) is 0 Å². The van der Waals surface area contributed by atoms with E-state index >= 15 is 0 Å². The van der Waals surface area contributed by atoms with Crippen molar-refractivity contribution >= 4 is 11.0 Å². The highest BCUT2D eigenvalue weighted by molar-refractivity contribution is 6.01. The lowest BCUT2D eigenvalue weighted by atomic mass is 9.63. The predicted molar refractivity (Wildman–Crippen MR) is 125 cm³/mol. The number of nitrogens with two attached hydrogens (primary N) is 1. The van der Waals surface area contributed by atoms with E-state index in [1.165, 1.54) is 0 Å². The van der Waals surface area contributed by atoms with E-state index in [4.69, 9.17) is 5.73 Å². The zero-order valence-electron chi connectivity index (χ0n) is 19.2. The van der Waals surface area contributed by atoms with Gasteiger partial charge < -0.3 is 15.4 Å². The molecule has 0 spiro atoms. The number of pyridine rings is 1. The molecule has 182 valence electrons. The van der Waals surface area contributed by atoms with Gasteiger partial charge in [-0.3, -0.25) is 14.3 Å². The van der Waals surface area contributed by atoms with Crippen molar-refractivity contribution in [2.24, 2.45) is 12.8 Å². The van der Waals surface area contributed by atoms with Gasteiger partial charge in [-0.25, -0.2) is 4.98 Å². The first-order chi connectivity index (χ1) is 16.4. The molecule has 4 aromatic rings. The number of fused-ring (bicyclic) bond motifs is 1. The summed E-state index contributed by atoms with van der Waals surface area (Å²) < 4.78 is 41.5. The number of hydrogen-bond acceptors (Lipinski definition) is 5. The lowest BCUT2D eigenvalue weighted by Crippen LogP contribution is -2.58. The van der Waals surface area contributed by atoms with E-state index in [2.05, 4.69) is 9.97 Å².